The maximum atomic E-state index is 9.83. The van der Waals surface area contributed by atoms with Gasteiger partial charge < -0.3 is 5.73 Å². The molecule has 0 amide bonds. The third-order valence-electron chi connectivity index (χ3n) is 4.83. The normalized spacial score (nSPS) is 25.3. The summed E-state index contributed by atoms with van der Waals surface area (Å²) < 4.78 is 0. The average molecular weight is 301 g/mol. The fraction of sp³-hybridized carbons (Fsp3) is 0.333. The molecule has 1 aromatic heterocycles. The minimum atomic E-state index is -1.57. The van der Waals surface area contributed by atoms with Gasteiger partial charge in [-0.15, -0.1) is 0 Å². The number of allylic oxidation sites excluding steroid dienone is 3. The second-order valence-electron chi connectivity index (χ2n) is 5.89. The SMILES string of the molecule is N#CC1=C(N)C2=CCCC[C@H]2[C@@H](c2cccnc2)C1(C#N)C#N. The molecule has 23 heavy (non-hydrogen) atoms. The van der Waals surface area contributed by atoms with Gasteiger partial charge in [0.15, 0.2) is 5.41 Å². The summed E-state index contributed by atoms with van der Waals surface area (Å²) in [5, 5.41) is 29.2. The molecular weight excluding hydrogens is 286 g/mol. The molecule has 0 unspecified atom stereocenters. The second-order valence-corrected chi connectivity index (χ2v) is 5.89. The first-order valence-corrected chi connectivity index (χ1v) is 7.52. The summed E-state index contributed by atoms with van der Waals surface area (Å²) in [6.45, 7) is 0. The molecule has 0 aromatic carbocycles. The summed E-state index contributed by atoms with van der Waals surface area (Å²) in [6.07, 6.45) is 8.10. The largest absolute Gasteiger partial charge is 0.398 e. The molecule has 2 atom stereocenters. The third kappa shape index (κ3) is 2.00. The van der Waals surface area contributed by atoms with Crippen LogP contribution >= 0.6 is 0 Å². The highest BCUT2D eigenvalue weighted by Gasteiger charge is 2.54. The van der Waals surface area contributed by atoms with Crippen LogP contribution in [0.25, 0.3) is 0 Å². The highest BCUT2D eigenvalue weighted by molar-refractivity contribution is 5.58. The summed E-state index contributed by atoms with van der Waals surface area (Å²) in [4.78, 5) is 4.13. The first kappa shape index (κ1) is 14.8. The van der Waals surface area contributed by atoms with Gasteiger partial charge in [0.1, 0.15) is 0 Å². The zero-order valence-electron chi connectivity index (χ0n) is 12.5. The minimum absolute atomic E-state index is 0.0376. The number of fused-ring (bicyclic) bond motifs is 1. The van der Waals surface area contributed by atoms with Crippen LogP contribution in [0.4, 0.5) is 0 Å². The van der Waals surface area contributed by atoms with Gasteiger partial charge >= 0.3 is 0 Å². The molecule has 1 aromatic rings. The van der Waals surface area contributed by atoms with E-state index in [9.17, 15) is 15.8 Å². The maximum absolute atomic E-state index is 9.83. The molecule has 0 saturated carbocycles. The van der Waals surface area contributed by atoms with E-state index in [4.69, 9.17) is 5.73 Å². The lowest BCUT2D eigenvalue weighted by Gasteiger charge is -2.43. The number of nitriles is 3. The molecule has 5 nitrogen and oxygen atoms in total. The molecule has 2 aliphatic rings. The summed E-state index contributed by atoms with van der Waals surface area (Å²) in [5.41, 5.74) is 6.70. The van der Waals surface area contributed by atoms with Crippen molar-refractivity contribution in [1.82, 2.24) is 4.98 Å². The van der Waals surface area contributed by atoms with Crippen molar-refractivity contribution in [3.8, 4) is 18.2 Å². The van der Waals surface area contributed by atoms with E-state index in [-0.39, 0.29) is 11.5 Å². The molecule has 2 N–H and O–H groups in total. The number of nitrogens with two attached hydrogens (primary N) is 1. The van der Waals surface area contributed by atoms with Gasteiger partial charge in [0.05, 0.1) is 29.5 Å². The van der Waals surface area contributed by atoms with E-state index in [0.717, 1.165) is 30.4 Å². The smallest absolute Gasteiger partial charge is 0.187 e. The van der Waals surface area contributed by atoms with Crippen molar-refractivity contribution in [2.24, 2.45) is 17.1 Å². The van der Waals surface area contributed by atoms with Gasteiger partial charge in [-0.25, -0.2) is 0 Å². The Hall–Kier alpha value is -3.10. The van der Waals surface area contributed by atoms with Crippen molar-refractivity contribution in [3.63, 3.8) is 0 Å². The lowest BCUT2D eigenvalue weighted by Crippen LogP contribution is -2.41. The predicted molar refractivity (Wildman–Crippen MR) is 82.9 cm³/mol. The van der Waals surface area contributed by atoms with E-state index >= 15 is 0 Å². The van der Waals surface area contributed by atoms with Crippen molar-refractivity contribution in [3.05, 3.63) is 53.0 Å². The molecule has 1 heterocycles. The third-order valence-corrected chi connectivity index (χ3v) is 4.83. The van der Waals surface area contributed by atoms with Crippen molar-refractivity contribution in [2.45, 2.75) is 25.2 Å². The topological polar surface area (TPSA) is 110 Å². The summed E-state index contributed by atoms with van der Waals surface area (Å²) in [6, 6.07) is 9.89. The van der Waals surface area contributed by atoms with Gasteiger partial charge in [0.25, 0.3) is 0 Å². The van der Waals surface area contributed by atoms with Crippen molar-refractivity contribution in [1.29, 1.82) is 15.8 Å². The predicted octanol–water partition coefficient (Wildman–Crippen LogP) is 2.68. The second kappa shape index (κ2) is 5.59. The number of nitrogens with zero attached hydrogens (tertiary/aromatic N) is 4. The van der Waals surface area contributed by atoms with E-state index < -0.39 is 11.3 Å². The molecule has 0 fully saturated rings. The number of pyridine rings is 1. The van der Waals surface area contributed by atoms with Gasteiger partial charge in [-0.1, -0.05) is 12.1 Å². The van der Waals surface area contributed by atoms with Gasteiger partial charge in [-0.2, -0.15) is 15.8 Å². The van der Waals surface area contributed by atoms with Crippen LogP contribution < -0.4 is 5.73 Å². The zero-order chi connectivity index (χ0) is 16.4. The van der Waals surface area contributed by atoms with Crippen molar-refractivity contribution in [2.75, 3.05) is 0 Å². The summed E-state index contributed by atoms with van der Waals surface area (Å²) in [5.74, 6) is -0.468. The van der Waals surface area contributed by atoms with Crippen LogP contribution in [0.3, 0.4) is 0 Å². The Bertz CT molecular complexity index is 800. The van der Waals surface area contributed by atoms with Crippen LogP contribution in [0.2, 0.25) is 0 Å². The van der Waals surface area contributed by atoms with E-state index in [1.54, 1.807) is 18.5 Å². The van der Waals surface area contributed by atoms with E-state index in [2.05, 4.69) is 17.1 Å². The Morgan fingerprint density at radius 1 is 1.26 bits per heavy atom. The fourth-order valence-electron chi connectivity index (χ4n) is 3.84. The first-order valence-electron chi connectivity index (χ1n) is 7.52. The Balaban J connectivity index is 2.34. The van der Waals surface area contributed by atoms with Crippen LogP contribution in [0, 0.1) is 45.3 Å². The van der Waals surface area contributed by atoms with E-state index in [1.165, 1.54) is 0 Å². The van der Waals surface area contributed by atoms with Crippen LogP contribution in [0.5, 0.6) is 0 Å². The number of aromatic nitrogens is 1. The Kier molecular flexibility index (Phi) is 3.61. The molecular formula is C18H15N5. The van der Waals surface area contributed by atoms with Gasteiger partial charge in [0.2, 0.25) is 0 Å². The molecule has 0 bridgehead atoms. The zero-order valence-corrected chi connectivity index (χ0v) is 12.5. The Morgan fingerprint density at radius 2 is 2.04 bits per heavy atom. The standard InChI is InChI=1S/C18H15N5/c19-8-15-17(22)14-6-2-1-5-13(14)16(18(15,10-20)11-21)12-4-3-7-23-9-12/h3-4,6-7,9,13,16H,1-2,5,22H2/t13-,16-/m1/s1. The van der Waals surface area contributed by atoms with Gasteiger partial charge in [0, 0.05) is 18.3 Å². The molecule has 0 saturated heterocycles. The molecule has 2 aliphatic carbocycles. The Labute approximate surface area is 135 Å². The average Bonchev–Trinajstić information content (AvgIpc) is 2.62. The van der Waals surface area contributed by atoms with E-state index in [0.29, 0.717) is 5.70 Å². The monoisotopic (exact) mass is 301 g/mol. The van der Waals surface area contributed by atoms with Gasteiger partial charge in [-0.05, 0) is 42.4 Å². The molecule has 0 spiro atoms. The van der Waals surface area contributed by atoms with Crippen LogP contribution in [-0.2, 0) is 0 Å². The quantitative estimate of drug-likeness (QED) is 0.857. The Morgan fingerprint density at radius 3 is 2.65 bits per heavy atom. The molecule has 5 heteroatoms. The van der Waals surface area contributed by atoms with Crippen molar-refractivity contribution < 1.29 is 0 Å². The van der Waals surface area contributed by atoms with Crippen LogP contribution in [0.15, 0.2) is 47.4 Å². The van der Waals surface area contributed by atoms with Crippen LogP contribution in [-0.4, -0.2) is 4.98 Å². The van der Waals surface area contributed by atoms with Crippen molar-refractivity contribution >= 4 is 0 Å². The summed E-state index contributed by atoms with van der Waals surface area (Å²) in [7, 11) is 0. The molecule has 0 aliphatic heterocycles. The van der Waals surface area contributed by atoms with Gasteiger partial charge in [-0.3, -0.25) is 4.98 Å². The van der Waals surface area contributed by atoms with Crippen LogP contribution in [0.1, 0.15) is 30.7 Å². The fourth-order valence-corrected chi connectivity index (χ4v) is 3.84. The minimum Gasteiger partial charge on any atom is -0.398 e. The number of hydrogen-bond acceptors (Lipinski definition) is 5. The molecule has 112 valence electrons. The highest BCUT2D eigenvalue weighted by atomic mass is 14.7. The lowest BCUT2D eigenvalue weighted by atomic mass is 9.56. The number of hydrogen-bond donors (Lipinski definition) is 1. The summed E-state index contributed by atoms with van der Waals surface area (Å²) >= 11 is 0. The lowest BCUT2D eigenvalue weighted by molar-refractivity contribution is 0.321. The molecule has 0 radical (unpaired) electrons. The highest BCUT2D eigenvalue weighted by Crippen LogP contribution is 2.55. The van der Waals surface area contributed by atoms with E-state index in [1.807, 2.05) is 18.2 Å². The number of rotatable bonds is 1. The first-order chi connectivity index (χ1) is 11.2. The maximum Gasteiger partial charge on any atom is 0.187 e. The molecule has 3 rings (SSSR count).